The van der Waals surface area contributed by atoms with E-state index in [1.54, 1.807) is 29.1 Å². The quantitative estimate of drug-likeness (QED) is 0.868. The molecule has 1 amide bonds. The average molecular weight is 268 g/mol. The molecule has 0 bridgehead atoms. The van der Waals surface area contributed by atoms with Gasteiger partial charge >= 0.3 is 5.97 Å². The first kappa shape index (κ1) is 13.0. The molecule has 1 aliphatic heterocycles. The van der Waals surface area contributed by atoms with Gasteiger partial charge < -0.3 is 15.0 Å². The van der Waals surface area contributed by atoms with Crippen LogP contribution in [-0.2, 0) is 4.79 Å². The lowest BCUT2D eigenvalue weighted by Gasteiger charge is -2.34. The Balaban J connectivity index is 2.16. The maximum absolute atomic E-state index is 12.4. The zero-order valence-corrected chi connectivity index (χ0v) is 11.0. The highest BCUT2D eigenvalue weighted by Crippen LogP contribution is 2.22. The highest BCUT2D eigenvalue weighted by molar-refractivity contribution is 7.99. The normalized spacial score (nSPS) is 19.8. The van der Waals surface area contributed by atoms with Gasteiger partial charge in [0.25, 0.3) is 5.91 Å². The Bertz CT molecular complexity index is 458. The van der Waals surface area contributed by atoms with Gasteiger partial charge in [0, 0.05) is 30.4 Å². The number of aryl methyl sites for hydroxylation is 1. The van der Waals surface area contributed by atoms with Crippen LogP contribution in [0.4, 0.5) is 0 Å². The Morgan fingerprint density at radius 3 is 2.94 bits per heavy atom. The minimum atomic E-state index is -0.855. The van der Waals surface area contributed by atoms with Crippen LogP contribution in [0.2, 0.25) is 0 Å². The lowest BCUT2D eigenvalue weighted by atomic mass is 10.1. The largest absolute Gasteiger partial charge is 0.481 e. The number of aromatic nitrogens is 1. The molecule has 98 valence electrons. The zero-order chi connectivity index (χ0) is 13.1. The first-order chi connectivity index (χ1) is 8.59. The lowest BCUT2D eigenvalue weighted by molar-refractivity contribution is -0.138. The van der Waals surface area contributed by atoms with E-state index in [1.807, 2.05) is 6.92 Å². The van der Waals surface area contributed by atoms with Crippen LogP contribution in [0.3, 0.4) is 0 Å². The van der Waals surface area contributed by atoms with Crippen LogP contribution in [0.5, 0.6) is 0 Å². The Kier molecular flexibility index (Phi) is 3.96. The summed E-state index contributed by atoms with van der Waals surface area (Å²) in [5.74, 6) is 0.638. The predicted molar refractivity (Wildman–Crippen MR) is 69.9 cm³/mol. The van der Waals surface area contributed by atoms with Crippen molar-refractivity contribution < 1.29 is 14.7 Å². The fourth-order valence-corrected chi connectivity index (χ4v) is 3.18. The first-order valence-corrected chi connectivity index (χ1v) is 6.99. The SMILES string of the molecule is Cc1c[nH]cc1C(=O)N1CCSCC1CC(=O)O. The zero-order valence-electron chi connectivity index (χ0n) is 10.2. The first-order valence-electron chi connectivity index (χ1n) is 5.83. The number of aliphatic carboxylic acids is 1. The Hall–Kier alpha value is -1.43. The highest BCUT2D eigenvalue weighted by atomic mass is 32.2. The van der Waals surface area contributed by atoms with Gasteiger partial charge in [-0.1, -0.05) is 0 Å². The summed E-state index contributed by atoms with van der Waals surface area (Å²) in [7, 11) is 0. The van der Waals surface area contributed by atoms with Gasteiger partial charge in [-0.05, 0) is 12.5 Å². The highest BCUT2D eigenvalue weighted by Gasteiger charge is 2.30. The van der Waals surface area contributed by atoms with Gasteiger partial charge in [-0.15, -0.1) is 0 Å². The van der Waals surface area contributed by atoms with Crippen molar-refractivity contribution in [2.75, 3.05) is 18.1 Å². The van der Waals surface area contributed by atoms with E-state index in [1.165, 1.54) is 0 Å². The van der Waals surface area contributed by atoms with E-state index >= 15 is 0 Å². The molecule has 2 rings (SSSR count). The van der Waals surface area contributed by atoms with E-state index in [0.717, 1.165) is 11.3 Å². The van der Waals surface area contributed by atoms with Crippen LogP contribution in [0.1, 0.15) is 22.3 Å². The van der Waals surface area contributed by atoms with Crippen molar-refractivity contribution in [1.29, 1.82) is 0 Å². The maximum atomic E-state index is 12.4. The molecule has 5 nitrogen and oxygen atoms in total. The van der Waals surface area contributed by atoms with Crippen LogP contribution >= 0.6 is 11.8 Å². The van der Waals surface area contributed by atoms with Crippen molar-refractivity contribution in [3.05, 3.63) is 23.5 Å². The summed E-state index contributed by atoms with van der Waals surface area (Å²) >= 11 is 1.70. The van der Waals surface area contributed by atoms with E-state index in [0.29, 0.717) is 17.9 Å². The molecule has 18 heavy (non-hydrogen) atoms. The Labute approximate surface area is 110 Å². The van der Waals surface area contributed by atoms with Gasteiger partial charge in [0.15, 0.2) is 0 Å². The number of carbonyl (C=O) groups excluding carboxylic acids is 1. The van der Waals surface area contributed by atoms with Crippen LogP contribution in [0.25, 0.3) is 0 Å². The molecule has 1 saturated heterocycles. The fraction of sp³-hybridized carbons (Fsp3) is 0.500. The third-order valence-electron chi connectivity index (χ3n) is 3.08. The van der Waals surface area contributed by atoms with E-state index in [-0.39, 0.29) is 18.4 Å². The summed E-state index contributed by atoms with van der Waals surface area (Å²) in [6.07, 6.45) is 3.47. The monoisotopic (exact) mass is 268 g/mol. The number of rotatable bonds is 3. The Morgan fingerprint density at radius 2 is 2.33 bits per heavy atom. The number of thioether (sulfide) groups is 1. The van der Waals surface area contributed by atoms with E-state index < -0.39 is 5.97 Å². The Morgan fingerprint density at radius 1 is 1.56 bits per heavy atom. The summed E-state index contributed by atoms with van der Waals surface area (Å²) < 4.78 is 0. The second-order valence-corrected chi connectivity index (χ2v) is 5.53. The van der Waals surface area contributed by atoms with Crippen LogP contribution < -0.4 is 0 Å². The minimum Gasteiger partial charge on any atom is -0.481 e. The molecule has 1 aliphatic rings. The number of carbonyl (C=O) groups is 2. The van der Waals surface area contributed by atoms with E-state index in [9.17, 15) is 9.59 Å². The number of nitrogens with zero attached hydrogens (tertiary/aromatic N) is 1. The van der Waals surface area contributed by atoms with Gasteiger partial charge in [0.2, 0.25) is 0 Å². The van der Waals surface area contributed by atoms with Crippen molar-refractivity contribution >= 4 is 23.6 Å². The van der Waals surface area contributed by atoms with Crippen LogP contribution in [0, 0.1) is 6.92 Å². The number of nitrogens with one attached hydrogen (secondary N) is 1. The molecule has 2 heterocycles. The van der Waals surface area contributed by atoms with Crippen LogP contribution in [0.15, 0.2) is 12.4 Å². The number of carboxylic acid groups (broad SMARTS) is 1. The molecule has 1 atom stereocenters. The van der Waals surface area contributed by atoms with Crippen molar-refractivity contribution in [3.63, 3.8) is 0 Å². The molecule has 1 aromatic heterocycles. The summed E-state index contributed by atoms with van der Waals surface area (Å²) in [6.45, 7) is 2.49. The third-order valence-corrected chi connectivity index (χ3v) is 4.17. The van der Waals surface area contributed by atoms with Gasteiger partial charge in [-0.25, -0.2) is 0 Å². The van der Waals surface area contributed by atoms with Crippen molar-refractivity contribution in [1.82, 2.24) is 9.88 Å². The molecule has 0 spiro atoms. The fourth-order valence-electron chi connectivity index (χ4n) is 2.12. The summed E-state index contributed by atoms with van der Waals surface area (Å²) in [5.41, 5.74) is 1.53. The molecular weight excluding hydrogens is 252 g/mol. The smallest absolute Gasteiger partial charge is 0.305 e. The standard InChI is InChI=1S/C12H16N2O3S/c1-8-5-13-6-10(8)12(17)14-2-3-18-7-9(14)4-11(15)16/h5-6,9,13H,2-4,7H2,1H3,(H,15,16). The van der Waals surface area contributed by atoms with Gasteiger partial charge in [0.1, 0.15) is 0 Å². The maximum Gasteiger partial charge on any atom is 0.305 e. The predicted octanol–water partition coefficient (Wildman–Crippen LogP) is 1.36. The van der Waals surface area contributed by atoms with Crippen molar-refractivity contribution in [2.45, 2.75) is 19.4 Å². The van der Waals surface area contributed by atoms with Crippen LogP contribution in [-0.4, -0.2) is 51.0 Å². The molecule has 6 heteroatoms. The molecule has 2 N–H and O–H groups in total. The number of hydrogen-bond donors (Lipinski definition) is 2. The van der Waals surface area contributed by atoms with E-state index in [4.69, 9.17) is 5.11 Å². The molecular formula is C12H16N2O3S. The molecule has 1 unspecified atom stereocenters. The molecule has 0 saturated carbocycles. The van der Waals surface area contributed by atoms with Crippen molar-refractivity contribution in [2.24, 2.45) is 0 Å². The van der Waals surface area contributed by atoms with Gasteiger partial charge in [-0.3, -0.25) is 9.59 Å². The molecule has 0 aromatic carbocycles. The van der Waals surface area contributed by atoms with Gasteiger partial charge in [-0.2, -0.15) is 11.8 Å². The second kappa shape index (κ2) is 5.48. The molecule has 0 aliphatic carbocycles. The van der Waals surface area contributed by atoms with Gasteiger partial charge in [0.05, 0.1) is 18.0 Å². The number of amides is 1. The number of aromatic amines is 1. The van der Waals surface area contributed by atoms with E-state index in [2.05, 4.69) is 4.98 Å². The minimum absolute atomic E-state index is 0.0161. The number of H-pyrrole nitrogens is 1. The molecule has 0 radical (unpaired) electrons. The summed E-state index contributed by atoms with van der Waals surface area (Å²) in [6, 6.07) is -0.206. The third kappa shape index (κ3) is 2.69. The molecule has 1 fully saturated rings. The summed E-state index contributed by atoms with van der Waals surface area (Å²) in [4.78, 5) is 27.8. The number of hydrogen-bond acceptors (Lipinski definition) is 3. The molecule has 1 aromatic rings. The summed E-state index contributed by atoms with van der Waals surface area (Å²) in [5, 5.41) is 8.90. The number of carboxylic acids is 1. The van der Waals surface area contributed by atoms with Crippen molar-refractivity contribution in [3.8, 4) is 0 Å². The second-order valence-electron chi connectivity index (χ2n) is 4.38. The topological polar surface area (TPSA) is 73.4 Å². The average Bonchev–Trinajstić information content (AvgIpc) is 2.74. The lowest BCUT2D eigenvalue weighted by Crippen LogP contribution is -2.47.